The molecule has 1 heteroatoms. The average molecular weight is 661 g/mol. The highest BCUT2D eigenvalue weighted by Gasteiger charge is 2.69. The van der Waals surface area contributed by atoms with Crippen LogP contribution in [0.4, 0.5) is 0 Å². The molecule has 5 aliphatic rings. The monoisotopic (exact) mass is 661 g/mol. The second-order valence-corrected chi connectivity index (χ2v) is 18.8. The topological polar surface area (TPSA) is 0 Å². The molecule has 5 rings (SSSR count). The maximum Gasteiger partial charge on any atom is -0.00125 e. The van der Waals surface area contributed by atoms with E-state index >= 15 is 0 Å². The highest BCUT2D eigenvalue weighted by Crippen LogP contribution is 2.77. The van der Waals surface area contributed by atoms with Crippen LogP contribution < -0.4 is 0 Å². The van der Waals surface area contributed by atoms with Gasteiger partial charge in [0.05, 0.1) is 0 Å². The van der Waals surface area contributed by atoms with E-state index in [4.69, 9.17) is 0 Å². The molecule has 0 aromatic rings. The van der Waals surface area contributed by atoms with Crippen LogP contribution >= 0.6 is 11.8 Å². The van der Waals surface area contributed by atoms with Crippen LogP contribution in [0, 0.1) is 68.5 Å². The molecule has 0 aliphatic heterocycles. The van der Waals surface area contributed by atoms with Crippen molar-refractivity contribution in [3.63, 3.8) is 0 Å². The Balaban J connectivity index is 0.00000125. The third-order valence-electron chi connectivity index (χ3n) is 15.2. The van der Waals surface area contributed by atoms with Crippen LogP contribution in [0.5, 0.6) is 0 Å². The summed E-state index contributed by atoms with van der Waals surface area (Å²) in [5.74, 6) is 6.63. The van der Waals surface area contributed by atoms with E-state index in [1.54, 1.807) is 6.08 Å². The van der Waals surface area contributed by atoms with E-state index < -0.39 is 0 Å². The molecule has 11 atom stereocenters. The molecule has 0 heterocycles. The predicted molar refractivity (Wildman–Crippen MR) is 217 cm³/mol. The smallest absolute Gasteiger partial charge is 0.00125 e. The first-order chi connectivity index (χ1) is 21.5. The quantitative estimate of drug-likeness (QED) is 0.266. The summed E-state index contributed by atoms with van der Waals surface area (Å²) in [6.45, 7) is 47.8. The van der Waals surface area contributed by atoms with Gasteiger partial charge < -0.3 is 0 Å². The lowest BCUT2D eigenvalue weighted by molar-refractivity contribution is -0.252. The number of thioether (sulfide) groups is 1. The minimum absolute atomic E-state index is 0.527. The van der Waals surface area contributed by atoms with E-state index in [0.717, 1.165) is 46.7 Å². The van der Waals surface area contributed by atoms with Gasteiger partial charge in [-0.05, 0) is 151 Å². The first kappa shape index (κ1) is 45.8. The van der Waals surface area contributed by atoms with Crippen molar-refractivity contribution in [1.82, 2.24) is 0 Å². The fourth-order valence-electron chi connectivity index (χ4n) is 12.5. The molecular weight excluding hydrogens is 573 g/mol. The van der Waals surface area contributed by atoms with Crippen LogP contribution in [0.3, 0.4) is 0 Å². The molecule has 0 amide bonds. The maximum absolute atomic E-state index is 3.36. The Hall–Kier alpha value is -0.170. The largest absolute Gasteiger partial charge is 0.163 e. The maximum atomic E-state index is 3.36. The van der Waals surface area contributed by atoms with Crippen LogP contribution in [0.1, 0.15) is 181 Å². The van der Waals surface area contributed by atoms with Crippen molar-refractivity contribution in [3.05, 3.63) is 25.8 Å². The molecule has 0 nitrogen and oxygen atoms in total. The number of hydrogen-bond acceptors (Lipinski definition) is 1. The van der Waals surface area contributed by atoms with Crippen molar-refractivity contribution < 1.29 is 0 Å². The summed E-state index contributed by atoms with van der Waals surface area (Å²) in [6, 6.07) is 0. The van der Waals surface area contributed by atoms with Gasteiger partial charge >= 0.3 is 0 Å². The third-order valence-corrected chi connectivity index (χ3v) is 16.2. The first-order valence-electron chi connectivity index (χ1n) is 20.1. The molecule has 0 aromatic carbocycles. The Morgan fingerprint density at radius 2 is 1.26 bits per heavy atom. The molecule has 274 valence electrons. The third kappa shape index (κ3) is 8.58. The number of fused-ring (bicyclic) bond motifs is 7. The number of allylic oxidation sites excluding steroid dienone is 1. The summed E-state index contributed by atoms with van der Waals surface area (Å²) < 4.78 is 0. The summed E-state index contributed by atoms with van der Waals surface area (Å²) in [4.78, 5) is 0. The van der Waals surface area contributed by atoms with Crippen molar-refractivity contribution in [2.75, 3.05) is 6.26 Å². The molecule has 5 saturated carbocycles. The summed E-state index contributed by atoms with van der Waals surface area (Å²) in [5.41, 5.74) is 2.84. The lowest BCUT2D eigenvalue weighted by Gasteiger charge is -2.74. The molecule has 5 fully saturated rings. The van der Waals surface area contributed by atoms with Gasteiger partial charge in [-0.1, -0.05) is 116 Å². The van der Waals surface area contributed by atoms with Gasteiger partial charge in [0, 0.05) is 0 Å². The summed E-state index contributed by atoms with van der Waals surface area (Å²) in [6.07, 6.45) is 20.3. The Bertz CT molecular complexity index is 857. The Kier molecular flexibility index (Phi) is 19.2. The van der Waals surface area contributed by atoms with Crippen molar-refractivity contribution >= 4 is 11.8 Å². The average Bonchev–Trinajstić information content (AvgIpc) is 3.03. The van der Waals surface area contributed by atoms with Crippen LogP contribution in [0.15, 0.2) is 25.8 Å². The normalized spacial score (nSPS) is 43.0. The van der Waals surface area contributed by atoms with Crippen molar-refractivity contribution in [3.8, 4) is 0 Å². The van der Waals surface area contributed by atoms with E-state index in [0.29, 0.717) is 27.1 Å². The zero-order chi connectivity index (χ0) is 36.3. The lowest BCUT2D eigenvalue weighted by Crippen LogP contribution is -2.67. The van der Waals surface area contributed by atoms with E-state index in [9.17, 15) is 0 Å². The molecule has 0 N–H and O–H groups in total. The second kappa shape index (κ2) is 19.3. The van der Waals surface area contributed by atoms with Gasteiger partial charge in [-0.25, -0.2) is 0 Å². The van der Waals surface area contributed by atoms with Gasteiger partial charge in [0.25, 0.3) is 0 Å². The zero-order valence-corrected chi connectivity index (χ0v) is 35.8. The van der Waals surface area contributed by atoms with Crippen LogP contribution in [0.25, 0.3) is 0 Å². The number of hydrogen-bond donors (Lipinski definition) is 0. The number of rotatable bonds is 2. The molecule has 0 aromatic heterocycles. The van der Waals surface area contributed by atoms with Crippen molar-refractivity contribution in [2.24, 2.45) is 68.5 Å². The Morgan fingerprint density at radius 3 is 1.74 bits per heavy atom. The van der Waals surface area contributed by atoms with E-state index in [2.05, 4.69) is 102 Å². The Labute approximate surface area is 298 Å². The highest BCUT2D eigenvalue weighted by atomic mass is 32.2. The zero-order valence-electron chi connectivity index (χ0n) is 35.0. The SMILES string of the molecule is C=C.C=CC.CC.CC.CCC1CCC2(C)C(CCC3(C)C2CCC2C4C(C)C(C)CCC4(C)CCC23C)C1(C)C.CSC(C)C. The van der Waals surface area contributed by atoms with Crippen molar-refractivity contribution in [1.29, 1.82) is 0 Å². The van der Waals surface area contributed by atoms with E-state index in [1.165, 1.54) is 70.6 Å². The van der Waals surface area contributed by atoms with Crippen LogP contribution in [0.2, 0.25) is 0 Å². The molecule has 5 aliphatic carbocycles. The Morgan fingerprint density at radius 1 is 0.739 bits per heavy atom. The van der Waals surface area contributed by atoms with Gasteiger partial charge in [-0.15, -0.1) is 19.7 Å². The fraction of sp³-hybridized carbons (Fsp3) is 0.911. The van der Waals surface area contributed by atoms with Gasteiger partial charge in [0.15, 0.2) is 0 Å². The predicted octanol–water partition coefficient (Wildman–Crippen LogP) is 15.6. The molecule has 46 heavy (non-hydrogen) atoms. The lowest BCUT2D eigenvalue weighted by atomic mass is 9.31. The summed E-state index contributed by atoms with van der Waals surface area (Å²) >= 11 is 1.88. The molecule has 0 radical (unpaired) electrons. The van der Waals surface area contributed by atoms with E-state index in [-0.39, 0.29) is 0 Å². The van der Waals surface area contributed by atoms with E-state index in [1.807, 2.05) is 46.4 Å². The van der Waals surface area contributed by atoms with Crippen LogP contribution in [-0.2, 0) is 0 Å². The highest BCUT2D eigenvalue weighted by molar-refractivity contribution is 7.99. The summed E-state index contributed by atoms with van der Waals surface area (Å²) in [7, 11) is 0. The van der Waals surface area contributed by atoms with Gasteiger partial charge in [0.2, 0.25) is 0 Å². The summed E-state index contributed by atoms with van der Waals surface area (Å²) in [5, 5.41) is 0.801. The van der Waals surface area contributed by atoms with Gasteiger partial charge in [0.1, 0.15) is 0 Å². The van der Waals surface area contributed by atoms with Crippen molar-refractivity contribution in [2.45, 2.75) is 187 Å². The molecule has 11 unspecified atom stereocenters. The minimum atomic E-state index is 0.527. The van der Waals surface area contributed by atoms with Gasteiger partial charge in [-0.2, -0.15) is 11.8 Å². The standard InChI is InChI=1S/C32H56.C4H10S.C3H6.2C2H6.C2H4/c1-10-23-14-17-30(7)25(28(23,4)5)15-18-32(9)26(30)12-11-24-27-22(3)21(2)13-16-29(27,6)19-20-31(24,32)8;1-4(2)5-3;1-3-2;3*1-2/h21-27H,10-20H2,1-9H3;4H,1-3H3;3H,1H2,2H3;2*1-2H3;1-2H2. The molecular formula is C45H88S. The van der Waals surface area contributed by atoms with Crippen LogP contribution in [-0.4, -0.2) is 11.5 Å². The second-order valence-electron chi connectivity index (χ2n) is 17.4. The molecule has 0 bridgehead atoms. The molecule has 0 saturated heterocycles. The fourth-order valence-corrected chi connectivity index (χ4v) is 12.5. The first-order valence-corrected chi connectivity index (χ1v) is 21.4. The van der Waals surface area contributed by atoms with Gasteiger partial charge in [-0.3, -0.25) is 0 Å². The molecule has 0 spiro atoms. The minimum Gasteiger partial charge on any atom is -0.163 e.